The monoisotopic (exact) mass is 435 g/mol. The number of likely N-dealkylation sites (N-methyl/N-ethyl adjacent to an activating group) is 1. The van der Waals surface area contributed by atoms with E-state index in [-0.39, 0.29) is 35.9 Å². The fourth-order valence-electron chi connectivity index (χ4n) is 2.71. The average molecular weight is 436 g/mol. The predicted molar refractivity (Wildman–Crippen MR) is 113 cm³/mol. The Morgan fingerprint density at radius 1 is 1.40 bits per heavy atom. The number of thiazole rings is 1. The number of amidine groups is 1. The molecule has 30 heavy (non-hydrogen) atoms. The number of Topliss-reactive ketones (excluding diaryl/α,β-unsaturated/α-hetero) is 1. The number of ether oxygens (including phenoxy) is 1. The van der Waals surface area contributed by atoms with E-state index in [0.717, 1.165) is 11.3 Å². The number of nitrogens with zero attached hydrogens (tertiary/aromatic N) is 3. The molecule has 0 atom stereocenters. The van der Waals surface area contributed by atoms with Crippen molar-refractivity contribution in [1.29, 1.82) is 0 Å². The Labute approximate surface area is 179 Å². The van der Waals surface area contributed by atoms with Crippen LogP contribution in [0.15, 0.2) is 34.2 Å². The molecule has 162 valence electrons. The topological polar surface area (TPSA) is 102 Å². The van der Waals surface area contributed by atoms with Crippen molar-refractivity contribution in [2.24, 2.45) is 5.16 Å². The number of oxime groups is 1. The van der Waals surface area contributed by atoms with Crippen molar-refractivity contribution in [3.8, 4) is 0 Å². The Bertz CT molecular complexity index is 927. The molecule has 0 saturated heterocycles. The van der Waals surface area contributed by atoms with Gasteiger partial charge in [-0.3, -0.25) is 9.63 Å². The highest BCUT2D eigenvalue weighted by Crippen LogP contribution is 2.23. The number of hydrogen-bond donors (Lipinski definition) is 1. The van der Waals surface area contributed by atoms with E-state index in [1.54, 1.807) is 12.6 Å². The second-order valence-electron chi connectivity index (χ2n) is 6.67. The number of hydrogen-bond acceptors (Lipinski definition) is 8. The highest BCUT2D eigenvalue weighted by Gasteiger charge is 2.26. The van der Waals surface area contributed by atoms with Crippen LogP contribution in [0.3, 0.4) is 0 Å². The minimum atomic E-state index is -0.373. The molecule has 0 fully saturated rings. The van der Waals surface area contributed by atoms with Gasteiger partial charge >= 0.3 is 5.91 Å². The first-order valence-corrected chi connectivity index (χ1v) is 10.3. The lowest BCUT2D eigenvalue weighted by Crippen LogP contribution is -2.29. The van der Waals surface area contributed by atoms with Gasteiger partial charge in [-0.15, -0.1) is 11.3 Å². The molecule has 1 amide bonds. The number of allylic oxidation sites excluding steroid dienone is 3. The molecule has 10 heteroatoms. The minimum absolute atomic E-state index is 0.0614. The molecule has 2 rings (SSSR count). The van der Waals surface area contributed by atoms with Crippen LogP contribution in [0.1, 0.15) is 49.5 Å². The van der Waals surface area contributed by atoms with Crippen molar-refractivity contribution in [3.05, 3.63) is 39.6 Å². The number of hydroxylamine groups is 1. The zero-order valence-electron chi connectivity index (χ0n) is 18.0. The molecular weight excluding hydrogens is 408 g/mol. The Balaban J connectivity index is 2.14. The van der Waals surface area contributed by atoms with E-state index < -0.39 is 0 Å². The molecule has 1 N–H and O–H groups in total. The van der Waals surface area contributed by atoms with Crippen LogP contribution in [-0.4, -0.2) is 53.2 Å². The fraction of sp³-hybridized carbons (Fsp3) is 0.450. The van der Waals surface area contributed by atoms with Crippen LogP contribution in [0.25, 0.3) is 0 Å². The number of ketones is 1. The lowest BCUT2D eigenvalue weighted by molar-refractivity contribution is -0.730. The molecule has 0 radical (unpaired) electrons. The molecule has 0 aliphatic heterocycles. The number of amides is 1. The average Bonchev–Trinajstić information content (AvgIpc) is 3.17. The Kier molecular flexibility index (Phi) is 8.28. The molecule has 0 spiro atoms. The number of aromatic nitrogens is 1. The Morgan fingerprint density at radius 2 is 2.13 bits per heavy atom. The van der Waals surface area contributed by atoms with Gasteiger partial charge in [0.1, 0.15) is 25.2 Å². The first kappa shape index (κ1) is 23.3. The molecule has 1 aromatic heterocycles. The summed E-state index contributed by atoms with van der Waals surface area (Å²) in [6.07, 6.45) is 4.11. The quantitative estimate of drug-likeness (QED) is 0.220. The Hall–Kier alpha value is -3.01. The van der Waals surface area contributed by atoms with Crippen molar-refractivity contribution >= 4 is 34.6 Å². The zero-order chi connectivity index (χ0) is 22.3. The van der Waals surface area contributed by atoms with E-state index in [1.165, 1.54) is 30.1 Å². The highest BCUT2D eigenvalue weighted by atomic mass is 32.1. The van der Waals surface area contributed by atoms with Crippen LogP contribution in [0.4, 0.5) is 0 Å². The van der Waals surface area contributed by atoms with Crippen LogP contribution in [0.5, 0.6) is 0 Å². The first-order chi connectivity index (χ1) is 14.3. The third-order valence-corrected chi connectivity index (χ3v) is 4.79. The van der Waals surface area contributed by atoms with Gasteiger partial charge in [-0.2, -0.15) is 0 Å². The summed E-state index contributed by atoms with van der Waals surface area (Å²) >= 11 is 1.32. The van der Waals surface area contributed by atoms with Crippen molar-refractivity contribution in [2.45, 2.75) is 46.8 Å². The summed E-state index contributed by atoms with van der Waals surface area (Å²) < 4.78 is 7.25. The van der Waals surface area contributed by atoms with Gasteiger partial charge in [-0.1, -0.05) is 5.16 Å². The summed E-state index contributed by atoms with van der Waals surface area (Å²) in [4.78, 5) is 39.6. The molecule has 0 bridgehead atoms. The summed E-state index contributed by atoms with van der Waals surface area (Å²) in [5, 5.41) is 6.37. The molecule has 9 nitrogen and oxygen atoms in total. The lowest BCUT2D eigenvalue weighted by atomic mass is 10.0. The number of carbonyl (C=O) groups excluding carboxylic acids is 2. The maximum absolute atomic E-state index is 12.6. The molecule has 1 aromatic rings. The largest absolute Gasteiger partial charge is 0.488 e. The van der Waals surface area contributed by atoms with E-state index in [1.807, 2.05) is 32.9 Å². The predicted octanol–water partition coefficient (Wildman–Crippen LogP) is 2.60. The summed E-state index contributed by atoms with van der Waals surface area (Å²) in [5.74, 6) is 0.179. The summed E-state index contributed by atoms with van der Waals surface area (Å²) in [7, 11) is 2.95. The van der Waals surface area contributed by atoms with Crippen molar-refractivity contribution < 1.29 is 28.7 Å². The van der Waals surface area contributed by atoms with Gasteiger partial charge < -0.3 is 14.9 Å². The third-order valence-electron chi connectivity index (χ3n) is 3.98. The van der Waals surface area contributed by atoms with E-state index in [2.05, 4.69) is 20.3 Å². The zero-order valence-corrected chi connectivity index (χ0v) is 18.8. The van der Waals surface area contributed by atoms with Gasteiger partial charge in [0.2, 0.25) is 11.5 Å². The van der Waals surface area contributed by atoms with E-state index in [0.29, 0.717) is 17.1 Å². The summed E-state index contributed by atoms with van der Waals surface area (Å²) in [6, 6.07) is 0. The van der Waals surface area contributed by atoms with Crippen molar-refractivity contribution in [2.75, 3.05) is 14.2 Å². The SMILES string of the molecule is CN/C(=N/OC)C(=O)c1ncsc1COC1=CCC(=[N+](OC(C)C)C(C)=O)C=C1C. The van der Waals surface area contributed by atoms with Gasteiger partial charge in [0, 0.05) is 13.1 Å². The van der Waals surface area contributed by atoms with Crippen molar-refractivity contribution in [3.63, 3.8) is 0 Å². The number of rotatable bonds is 8. The summed E-state index contributed by atoms with van der Waals surface area (Å²) in [5.41, 5.74) is 3.45. The van der Waals surface area contributed by atoms with Crippen LogP contribution < -0.4 is 5.32 Å². The maximum Gasteiger partial charge on any atom is 0.431 e. The van der Waals surface area contributed by atoms with E-state index in [9.17, 15) is 9.59 Å². The second kappa shape index (κ2) is 10.7. The number of carbonyl (C=O) groups is 2. The van der Waals surface area contributed by atoms with Crippen LogP contribution in [0.2, 0.25) is 0 Å². The first-order valence-electron chi connectivity index (χ1n) is 9.39. The fourth-order valence-corrected chi connectivity index (χ4v) is 3.38. The van der Waals surface area contributed by atoms with Gasteiger partial charge in [0.05, 0.1) is 28.5 Å². The lowest BCUT2D eigenvalue weighted by Gasteiger charge is -2.15. The summed E-state index contributed by atoms with van der Waals surface area (Å²) in [6.45, 7) is 7.27. The molecular formula is C20H27N4O5S+. The molecule has 0 saturated carbocycles. The van der Waals surface area contributed by atoms with Gasteiger partial charge in [-0.25, -0.2) is 9.78 Å². The van der Waals surface area contributed by atoms with Crippen LogP contribution >= 0.6 is 11.3 Å². The van der Waals surface area contributed by atoms with Crippen LogP contribution in [-0.2, 0) is 25.8 Å². The van der Waals surface area contributed by atoms with Crippen LogP contribution in [0, 0.1) is 0 Å². The minimum Gasteiger partial charge on any atom is -0.488 e. The van der Waals surface area contributed by atoms with Gasteiger partial charge in [-0.05, 0) is 32.4 Å². The molecule has 0 unspecified atom stereocenters. The second-order valence-corrected chi connectivity index (χ2v) is 7.61. The third kappa shape index (κ3) is 5.76. The number of nitrogens with one attached hydrogen (secondary N) is 1. The molecule has 0 aromatic carbocycles. The molecule has 1 aliphatic carbocycles. The Morgan fingerprint density at radius 3 is 2.70 bits per heavy atom. The standard InChI is InChI=1S/C20H27N4O5S/c1-12(2)29-24(14(4)25)15-7-8-16(13(3)9-15)28-10-17-18(22-11-30-17)19(26)20(21-5)23-27-6/h8-9,11-12H,7,10H2,1-6H3,(H,21,23)/q+1. The smallest absolute Gasteiger partial charge is 0.431 e. The van der Waals surface area contributed by atoms with Crippen molar-refractivity contribution in [1.82, 2.24) is 10.3 Å². The molecule has 1 aliphatic rings. The van der Waals surface area contributed by atoms with E-state index >= 15 is 0 Å². The maximum atomic E-state index is 12.6. The molecule has 1 heterocycles. The highest BCUT2D eigenvalue weighted by molar-refractivity contribution is 7.10. The van der Waals surface area contributed by atoms with Gasteiger partial charge in [0.15, 0.2) is 6.10 Å². The normalized spacial score (nSPS) is 15.9. The van der Waals surface area contributed by atoms with Gasteiger partial charge in [0.25, 0.3) is 5.78 Å². The van der Waals surface area contributed by atoms with E-state index in [4.69, 9.17) is 9.57 Å².